The Bertz CT molecular complexity index is 254. The van der Waals surface area contributed by atoms with Crippen molar-refractivity contribution in [2.75, 3.05) is 24.7 Å². The molecule has 0 saturated carbocycles. The van der Waals surface area contributed by atoms with Gasteiger partial charge < -0.3 is 15.7 Å². The molecule has 0 saturated heterocycles. The number of aliphatic carboxylic acids is 1. The summed E-state index contributed by atoms with van der Waals surface area (Å²) >= 11 is 0. The third-order valence-electron chi connectivity index (χ3n) is 0.890. The molecule has 0 fully saturated rings. The Morgan fingerprint density at radius 1 is 1.39 bits per heavy atom. The standard InChI is InChI=1S/C4H10N2O3S2.C2HF3O2/c5-1-3-10-11-4-2-9-6(7)8;3-2(4,5)1(6)7/h1-5H2;(H,6,7). The van der Waals surface area contributed by atoms with Gasteiger partial charge in [0, 0.05) is 18.1 Å². The van der Waals surface area contributed by atoms with Crippen LogP contribution < -0.4 is 5.73 Å². The summed E-state index contributed by atoms with van der Waals surface area (Å²) in [7, 11) is 3.12. The lowest BCUT2D eigenvalue weighted by Crippen LogP contribution is -2.21. The number of alkyl halides is 3. The van der Waals surface area contributed by atoms with Crippen LogP contribution in [0.15, 0.2) is 0 Å². The van der Waals surface area contributed by atoms with Crippen LogP contribution in [0.1, 0.15) is 0 Å². The fraction of sp³-hybridized carbons (Fsp3) is 0.833. The lowest BCUT2D eigenvalue weighted by molar-refractivity contribution is -0.756. The zero-order valence-electron chi connectivity index (χ0n) is 8.88. The molecule has 0 spiro atoms. The molecule has 108 valence electrons. The number of nitrogens with zero attached hydrogens (tertiary/aromatic N) is 1. The van der Waals surface area contributed by atoms with E-state index < -0.39 is 17.2 Å². The number of nitrogens with two attached hydrogens (primary N) is 1. The molecule has 0 aliphatic rings. The van der Waals surface area contributed by atoms with Crippen LogP contribution in [0.4, 0.5) is 13.2 Å². The van der Waals surface area contributed by atoms with Crippen molar-refractivity contribution >= 4 is 27.6 Å². The van der Waals surface area contributed by atoms with Gasteiger partial charge in [-0.2, -0.15) is 13.2 Å². The average molecular weight is 312 g/mol. The third-order valence-corrected chi connectivity index (χ3v) is 3.29. The van der Waals surface area contributed by atoms with Crippen molar-refractivity contribution in [2.45, 2.75) is 6.18 Å². The van der Waals surface area contributed by atoms with Crippen LogP contribution in [-0.2, 0) is 9.63 Å². The minimum absolute atomic E-state index is 0.148. The molecule has 0 aromatic rings. The summed E-state index contributed by atoms with van der Waals surface area (Å²) in [6.07, 6.45) is -5.08. The van der Waals surface area contributed by atoms with Gasteiger partial charge in [0.05, 0.1) is 0 Å². The van der Waals surface area contributed by atoms with Gasteiger partial charge in [-0.25, -0.2) is 4.79 Å². The van der Waals surface area contributed by atoms with Crippen molar-refractivity contribution in [1.82, 2.24) is 0 Å². The molecule has 0 radical (unpaired) electrons. The summed E-state index contributed by atoms with van der Waals surface area (Å²) in [6.45, 7) is 0.781. The average Bonchev–Trinajstić information content (AvgIpc) is 2.22. The number of carboxylic acids is 1. The summed E-state index contributed by atoms with van der Waals surface area (Å²) in [5.41, 5.74) is 5.22. The van der Waals surface area contributed by atoms with Crippen molar-refractivity contribution in [2.24, 2.45) is 5.73 Å². The first-order valence-corrected chi connectivity index (χ1v) is 6.72. The molecule has 7 nitrogen and oxygen atoms in total. The van der Waals surface area contributed by atoms with E-state index in [-0.39, 0.29) is 6.61 Å². The van der Waals surface area contributed by atoms with E-state index in [0.717, 1.165) is 5.75 Å². The Labute approximate surface area is 108 Å². The Hall–Kier alpha value is -0.880. The first-order valence-electron chi connectivity index (χ1n) is 4.23. The predicted octanol–water partition coefficient (Wildman–Crippen LogP) is 1.17. The normalized spacial score (nSPS) is 10.2. The highest BCUT2D eigenvalue weighted by atomic mass is 33.1. The van der Waals surface area contributed by atoms with Crippen LogP contribution in [-0.4, -0.2) is 47.0 Å². The van der Waals surface area contributed by atoms with E-state index in [1.54, 1.807) is 10.8 Å². The second-order valence-corrected chi connectivity index (χ2v) is 4.99. The first-order chi connectivity index (χ1) is 8.21. The van der Waals surface area contributed by atoms with Gasteiger partial charge in [0.1, 0.15) is 6.61 Å². The maximum absolute atomic E-state index is 10.6. The molecule has 0 aromatic carbocycles. The monoisotopic (exact) mass is 312 g/mol. The molecule has 0 bridgehead atoms. The number of hydrogen-bond acceptors (Lipinski definition) is 7. The van der Waals surface area contributed by atoms with Crippen LogP contribution in [0.2, 0.25) is 0 Å². The van der Waals surface area contributed by atoms with Gasteiger partial charge in [-0.3, -0.25) is 0 Å². The molecule has 0 amide bonds. The molecule has 18 heavy (non-hydrogen) atoms. The quantitative estimate of drug-likeness (QED) is 0.311. The topological polar surface area (TPSA) is 116 Å². The highest BCUT2D eigenvalue weighted by Crippen LogP contribution is 2.19. The van der Waals surface area contributed by atoms with Gasteiger partial charge >= 0.3 is 12.1 Å². The van der Waals surface area contributed by atoms with Gasteiger partial charge in [-0.1, -0.05) is 21.6 Å². The SMILES string of the molecule is NCCSSCCO[N+](=O)[O-].O=C(O)C(F)(F)F. The zero-order chi connectivity index (χ0) is 14.6. The Morgan fingerprint density at radius 2 is 1.83 bits per heavy atom. The van der Waals surface area contributed by atoms with Crippen LogP contribution in [0.25, 0.3) is 0 Å². The fourth-order valence-electron chi connectivity index (χ4n) is 0.312. The van der Waals surface area contributed by atoms with Crippen molar-refractivity contribution in [3.8, 4) is 0 Å². The Balaban J connectivity index is 0. The number of rotatable bonds is 7. The predicted molar refractivity (Wildman–Crippen MR) is 60.6 cm³/mol. The molecule has 0 rings (SSSR count). The van der Waals surface area contributed by atoms with Crippen LogP contribution in [0.5, 0.6) is 0 Å². The van der Waals surface area contributed by atoms with E-state index >= 15 is 0 Å². The lowest BCUT2D eigenvalue weighted by Gasteiger charge is -1.97. The number of hydrogen-bond donors (Lipinski definition) is 2. The number of carboxylic acid groups (broad SMARTS) is 1. The molecule has 12 heteroatoms. The summed E-state index contributed by atoms with van der Waals surface area (Å²) in [5.74, 6) is -1.28. The van der Waals surface area contributed by atoms with E-state index in [9.17, 15) is 23.3 Å². The lowest BCUT2D eigenvalue weighted by atomic mass is 10.7. The zero-order valence-corrected chi connectivity index (χ0v) is 10.5. The van der Waals surface area contributed by atoms with Crippen molar-refractivity contribution in [3.05, 3.63) is 10.1 Å². The highest BCUT2D eigenvalue weighted by Gasteiger charge is 2.38. The number of carbonyl (C=O) groups is 1. The van der Waals surface area contributed by atoms with Gasteiger partial charge in [0.25, 0.3) is 5.09 Å². The maximum atomic E-state index is 10.6. The summed E-state index contributed by atoms with van der Waals surface area (Å²) in [5, 5.41) is 16.0. The van der Waals surface area contributed by atoms with Crippen molar-refractivity contribution < 1.29 is 33.0 Å². The third kappa shape index (κ3) is 17.5. The fourth-order valence-corrected chi connectivity index (χ4v) is 1.99. The van der Waals surface area contributed by atoms with E-state index in [2.05, 4.69) is 4.84 Å². The van der Waals surface area contributed by atoms with Crippen LogP contribution >= 0.6 is 21.6 Å². The van der Waals surface area contributed by atoms with Crippen LogP contribution in [0.3, 0.4) is 0 Å². The van der Waals surface area contributed by atoms with E-state index in [4.69, 9.17) is 15.6 Å². The molecule has 0 aliphatic heterocycles. The van der Waals surface area contributed by atoms with Gasteiger partial charge in [-0.05, 0) is 0 Å². The highest BCUT2D eigenvalue weighted by molar-refractivity contribution is 8.76. The second-order valence-electron chi connectivity index (χ2n) is 2.29. The van der Waals surface area contributed by atoms with Crippen molar-refractivity contribution in [1.29, 1.82) is 0 Å². The van der Waals surface area contributed by atoms with E-state index in [1.807, 2.05) is 0 Å². The minimum atomic E-state index is -5.08. The summed E-state index contributed by atoms with van der Waals surface area (Å²) in [6, 6.07) is 0. The maximum Gasteiger partial charge on any atom is 0.490 e. The first kappa shape index (κ1) is 19.5. The Kier molecular flexibility index (Phi) is 12.1. The minimum Gasteiger partial charge on any atom is -0.475 e. The molecular weight excluding hydrogens is 301 g/mol. The smallest absolute Gasteiger partial charge is 0.475 e. The molecule has 0 unspecified atom stereocenters. The van der Waals surface area contributed by atoms with E-state index in [0.29, 0.717) is 12.3 Å². The molecule has 0 aromatic heterocycles. The van der Waals surface area contributed by atoms with Crippen molar-refractivity contribution in [3.63, 3.8) is 0 Å². The van der Waals surface area contributed by atoms with E-state index in [1.165, 1.54) is 10.8 Å². The van der Waals surface area contributed by atoms with Gasteiger partial charge in [-0.15, -0.1) is 10.1 Å². The molecule has 0 aliphatic carbocycles. The van der Waals surface area contributed by atoms with Crippen LogP contribution in [0, 0.1) is 10.1 Å². The van der Waals surface area contributed by atoms with Gasteiger partial charge in [0.15, 0.2) is 0 Å². The molecule has 3 N–H and O–H groups in total. The summed E-state index contributed by atoms with van der Waals surface area (Å²) in [4.78, 5) is 22.6. The summed E-state index contributed by atoms with van der Waals surface area (Å²) < 4.78 is 31.7. The van der Waals surface area contributed by atoms with Gasteiger partial charge in [0.2, 0.25) is 0 Å². The molecule has 0 atom stereocenters. The second kappa shape index (κ2) is 11.2. The largest absolute Gasteiger partial charge is 0.490 e. The Morgan fingerprint density at radius 3 is 2.17 bits per heavy atom. The number of halogens is 3. The molecule has 0 heterocycles. The molecular formula is C6H11F3N2O5S2.